The average molecular weight is 180 g/mol. The van der Waals surface area contributed by atoms with Gasteiger partial charge in [0.05, 0.1) is 0 Å². The monoisotopic (exact) mass is 180 g/mol. The van der Waals surface area contributed by atoms with E-state index in [1.165, 1.54) is 12.0 Å². The van der Waals surface area contributed by atoms with Crippen LogP contribution in [-0.2, 0) is 0 Å². The van der Waals surface area contributed by atoms with Crippen LogP contribution in [-0.4, -0.2) is 0 Å². The minimum absolute atomic E-state index is 0.359. The van der Waals surface area contributed by atoms with Crippen molar-refractivity contribution >= 4 is 0 Å². The van der Waals surface area contributed by atoms with Crippen LogP contribution in [0.5, 0.6) is 0 Å². The molecule has 0 aromatic heterocycles. The van der Waals surface area contributed by atoms with E-state index in [1.807, 2.05) is 0 Å². The topological polar surface area (TPSA) is 0 Å². The van der Waals surface area contributed by atoms with Crippen LogP contribution in [0.4, 0.5) is 0 Å². The first kappa shape index (κ1) is 12.5. The van der Waals surface area contributed by atoms with Crippen molar-refractivity contribution in [3.8, 4) is 0 Å². The molecule has 0 aliphatic rings. The highest BCUT2D eigenvalue weighted by atomic mass is 14.3. The lowest BCUT2D eigenvalue weighted by Gasteiger charge is -2.27. The molecule has 0 amide bonds. The van der Waals surface area contributed by atoms with Crippen LogP contribution in [0.3, 0.4) is 0 Å². The zero-order valence-corrected chi connectivity index (χ0v) is 10.1. The molecule has 0 heterocycles. The molecule has 13 heavy (non-hydrogen) atoms. The van der Waals surface area contributed by atoms with E-state index < -0.39 is 0 Å². The van der Waals surface area contributed by atoms with Crippen molar-refractivity contribution in [2.45, 2.75) is 54.4 Å². The van der Waals surface area contributed by atoms with Crippen LogP contribution in [0, 0.1) is 5.41 Å². The summed E-state index contributed by atoms with van der Waals surface area (Å²) in [6, 6.07) is 0. The second kappa shape index (κ2) is 5.26. The van der Waals surface area contributed by atoms with E-state index in [4.69, 9.17) is 0 Å². The Morgan fingerprint density at radius 2 is 1.77 bits per heavy atom. The van der Waals surface area contributed by atoms with Gasteiger partial charge in [0.15, 0.2) is 0 Å². The number of hydrogen-bond donors (Lipinski definition) is 0. The Bertz CT molecular complexity index is 204. The van der Waals surface area contributed by atoms with E-state index in [0.717, 1.165) is 6.42 Å². The lowest BCUT2D eigenvalue weighted by atomic mass is 9.78. The minimum Gasteiger partial charge on any atom is -0.0874 e. The Labute approximate surface area is 83.7 Å². The summed E-state index contributed by atoms with van der Waals surface area (Å²) in [6.45, 7) is 13.5. The quantitative estimate of drug-likeness (QED) is 0.549. The van der Waals surface area contributed by atoms with E-state index in [2.05, 4.69) is 53.7 Å². The minimum atomic E-state index is 0.359. The molecule has 0 spiro atoms. The molecule has 0 nitrogen and oxygen atoms in total. The van der Waals surface area contributed by atoms with Gasteiger partial charge < -0.3 is 0 Å². The molecule has 0 atom stereocenters. The van der Waals surface area contributed by atoms with Gasteiger partial charge >= 0.3 is 0 Å². The van der Waals surface area contributed by atoms with Gasteiger partial charge in [-0.05, 0) is 32.1 Å². The number of allylic oxidation sites excluding steroid dienone is 4. The van der Waals surface area contributed by atoms with E-state index in [0.29, 0.717) is 5.41 Å². The lowest BCUT2D eigenvalue weighted by Crippen LogP contribution is -2.14. The molecule has 0 aliphatic heterocycles. The summed E-state index contributed by atoms with van der Waals surface area (Å²) < 4.78 is 0. The normalized spacial score (nSPS) is 14.9. The van der Waals surface area contributed by atoms with E-state index in [9.17, 15) is 0 Å². The lowest BCUT2D eigenvalue weighted by molar-refractivity contribution is 0.414. The summed E-state index contributed by atoms with van der Waals surface area (Å²) >= 11 is 0. The van der Waals surface area contributed by atoms with E-state index in [1.54, 1.807) is 5.57 Å². The molecule has 0 N–H and O–H groups in total. The summed E-state index contributed by atoms with van der Waals surface area (Å²) in [6.07, 6.45) is 6.72. The maximum Gasteiger partial charge on any atom is -0.0142 e. The summed E-state index contributed by atoms with van der Waals surface area (Å²) in [7, 11) is 0. The van der Waals surface area contributed by atoms with Crippen molar-refractivity contribution in [1.29, 1.82) is 0 Å². The van der Waals surface area contributed by atoms with Gasteiger partial charge in [-0.25, -0.2) is 0 Å². The van der Waals surface area contributed by atoms with Gasteiger partial charge in [0.25, 0.3) is 0 Å². The molecule has 0 aromatic rings. The van der Waals surface area contributed by atoms with Gasteiger partial charge in [0, 0.05) is 0 Å². The number of hydrogen-bond acceptors (Lipinski definition) is 0. The fourth-order valence-corrected chi connectivity index (χ4v) is 1.86. The molecule has 0 saturated heterocycles. The van der Waals surface area contributed by atoms with E-state index in [-0.39, 0.29) is 0 Å². The third-order valence-electron chi connectivity index (χ3n) is 2.95. The highest BCUT2D eigenvalue weighted by Crippen LogP contribution is 2.34. The molecule has 0 rings (SSSR count). The first-order valence-electron chi connectivity index (χ1n) is 5.32. The molecule has 0 heteroatoms. The Hall–Kier alpha value is -0.520. The van der Waals surface area contributed by atoms with Crippen molar-refractivity contribution in [3.05, 3.63) is 23.3 Å². The van der Waals surface area contributed by atoms with Gasteiger partial charge in [-0.1, -0.05) is 51.0 Å². The summed E-state index contributed by atoms with van der Waals surface area (Å²) in [5.74, 6) is 0. The maximum absolute atomic E-state index is 2.33. The van der Waals surface area contributed by atoms with Gasteiger partial charge in [0.2, 0.25) is 0 Å². The number of rotatable bonds is 4. The zero-order chi connectivity index (χ0) is 10.5. The van der Waals surface area contributed by atoms with Gasteiger partial charge in [0.1, 0.15) is 0 Å². The molecular formula is C13H24. The summed E-state index contributed by atoms with van der Waals surface area (Å²) in [5, 5.41) is 0. The van der Waals surface area contributed by atoms with Crippen LogP contribution in [0.15, 0.2) is 23.3 Å². The molecule has 0 radical (unpaired) electrons. The van der Waals surface area contributed by atoms with Crippen molar-refractivity contribution in [2.24, 2.45) is 5.41 Å². The second-order valence-electron chi connectivity index (χ2n) is 4.25. The molecule has 0 aliphatic carbocycles. The summed E-state index contributed by atoms with van der Waals surface area (Å²) in [5.41, 5.74) is 3.39. The molecule has 0 unspecified atom stereocenters. The van der Waals surface area contributed by atoms with Crippen LogP contribution in [0.25, 0.3) is 0 Å². The fourth-order valence-electron chi connectivity index (χ4n) is 1.86. The molecule has 0 fully saturated rings. The molecular weight excluding hydrogens is 156 g/mol. The van der Waals surface area contributed by atoms with Crippen LogP contribution >= 0.6 is 0 Å². The fraction of sp³-hybridized carbons (Fsp3) is 0.692. The molecule has 0 saturated carbocycles. The first-order valence-corrected chi connectivity index (χ1v) is 5.32. The van der Waals surface area contributed by atoms with Gasteiger partial charge in [-0.2, -0.15) is 0 Å². The first-order chi connectivity index (χ1) is 5.99. The van der Waals surface area contributed by atoms with Gasteiger partial charge in [-0.15, -0.1) is 0 Å². The predicted octanol–water partition coefficient (Wildman–Crippen LogP) is 4.73. The van der Waals surface area contributed by atoms with Crippen molar-refractivity contribution < 1.29 is 0 Å². The third kappa shape index (κ3) is 3.38. The van der Waals surface area contributed by atoms with Crippen LogP contribution < -0.4 is 0 Å². The zero-order valence-electron chi connectivity index (χ0n) is 10.1. The second-order valence-corrected chi connectivity index (χ2v) is 4.25. The SMILES string of the molecule is CC=CC(C)=C(CC)C(C)(C)CC. The average Bonchev–Trinajstić information content (AvgIpc) is 2.05. The van der Waals surface area contributed by atoms with Crippen molar-refractivity contribution in [1.82, 2.24) is 0 Å². The van der Waals surface area contributed by atoms with E-state index >= 15 is 0 Å². The Kier molecular flexibility index (Phi) is 5.05. The molecule has 0 bridgehead atoms. The Morgan fingerprint density at radius 1 is 1.23 bits per heavy atom. The largest absolute Gasteiger partial charge is 0.0874 e. The van der Waals surface area contributed by atoms with Crippen LogP contribution in [0.1, 0.15) is 54.4 Å². The Balaban J connectivity index is 4.97. The van der Waals surface area contributed by atoms with Crippen molar-refractivity contribution in [2.75, 3.05) is 0 Å². The third-order valence-corrected chi connectivity index (χ3v) is 2.95. The maximum atomic E-state index is 2.33. The highest BCUT2D eigenvalue weighted by molar-refractivity contribution is 5.27. The molecule has 76 valence electrons. The van der Waals surface area contributed by atoms with Crippen molar-refractivity contribution in [3.63, 3.8) is 0 Å². The van der Waals surface area contributed by atoms with Crippen LogP contribution in [0.2, 0.25) is 0 Å². The smallest absolute Gasteiger partial charge is 0.0142 e. The highest BCUT2D eigenvalue weighted by Gasteiger charge is 2.20. The summed E-state index contributed by atoms with van der Waals surface area (Å²) in [4.78, 5) is 0. The Morgan fingerprint density at radius 3 is 2.08 bits per heavy atom. The predicted molar refractivity (Wildman–Crippen MR) is 61.9 cm³/mol. The standard InChI is InChI=1S/C13H24/c1-7-10-11(4)12(8-2)13(5,6)9-3/h7,10H,8-9H2,1-6H3. The molecule has 0 aromatic carbocycles. The van der Waals surface area contributed by atoms with Gasteiger partial charge in [-0.3, -0.25) is 0 Å².